The monoisotopic (exact) mass is 697 g/mol. The van der Waals surface area contributed by atoms with Crippen LogP contribution in [-0.4, -0.2) is 74.0 Å². The number of alkyl halides is 15. The zero-order valence-corrected chi connectivity index (χ0v) is 23.2. The average molecular weight is 697 g/mol. The fourth-order valence-corrected chi connectivity index (χ4v) is 3.62. The maximum Gasteiger partial charge on any atom is 1.00 e. The number of halogens is 17. The number of carbonyl (C=O) groups is 1. The van der Waals surface area contributed by atoms with E-state index in [4.69, 9.17) is 0 Å². The largest absolute Gasteiger partial charge is 1.00 e. The van der Waals surface area contributed by atoms with Crippen LogP contribution in [0, 0.1) is 0 Å². The number of aliphatic carboxylic acids is 1. The van der Waals surface area contributed by atoms with E-state index < -0.39 is 86.7 Å². The first kappa shape index (κ1) is 41.0. The minimum atomic E-state index is -8.73. The molecule has 0 aliphatic carbocycles. The quantitative estimate of drug-likeness (QED) is 0.190. The molecule has 0 fully saturated rings. The third kappa shape index (κ3) is 6.81. The second kappa shape index (κ2) is 12.4. The van der Waals surface area contributed by atoms with E-state index in [9.17, 15) is 93.0 Å². The van der Waals surface area contributed by atoms with Gasteiger partial charge in [-0.25, -0.2) is 8.42 Å². The summed E-state index contributed by atoms with van der Waals surface area (Å²) in [6.07, 6.45) is -7.85. The molecule has 0 N–H and O–H groups in total. The Kier molecular flexibility index (Phi) is 11.8. The first-order valence-corrected chi connectivity index (χ1v) is 11.1. The summed E-state index contributed by atoms with van der Waals surface area (Å²) in [4.78, 5) is 9.60. The molecule has 0 amide bonds. The molecule has 6 nitrogen and oxygen atoms in total. The Labute approximate surface area is 249 Å². The van der Waals surface area contributed by atoms with Crippen molar-refractivity contribution in [1.29, 1.82) is 0 Å². The fourth-order valence-electron chi connectivity index (χ4n) is 2.50. The van der Waals surface area contributed by atoms with Gasteiger partial charge >= 0.3 is 77.3 Å². The Morgan fingerprint density at radius 1 is 0.744 bits per heavy atom. The summed E-state index contributed by atoms with van der Waals surface area (Å²) in [5.41, 5.74) is 0. The van der Waals surface area contributed by atoms with Crippen LogP contribution < -0.4 is 39.4 Å². The number of likely N-dealkylation sites (N-methyl/N-ethyl adjacent to an activating group) is 1. The predicted octanol–water partition coefficient (Wildman–Crippen LogP) is 1.92. The minimum absolute atomic E-state index is 0. The van der Waals surface area contributed by atoms with E-state index in [1.54, 1.807) is 0 Å². The first-order chi connectivity index (χ1) is 18.4. The number of hydrogen-bond acceptors (Lipinski definition) is 5. The van der Waals surface area contributed by atoms with Gasteiger partial charge in [0, 0.05) is 7.05 Å². The number of carboxylic acids is 1. The van der Waals surface area contributed by atoms with Crippen LogP contribution >= 0.6 is 0 Å². The van der Waals surface area contributed by atoms with Gasteiger partial charge in [0.05, 0.1) is 17.4 Å². The van der Waals surface area contributed by atoms with Gasteiger partial charge in [0.1, 0.15) is 5.75 Å². The molecule has 0 saturated heterocycles. The Bertz CT molecular complexity index is 1310. The molecule has 43 heavy (non-hydrogen) atoms. The van der Waals surface area contributed by atoms with E-state index in [2.05, 4.69) is 4.74 Å². The summed E-state index contributed by atoms with van der Waals surface area (Å²) in [5, 5.41) is 10.5. The molecule has 25 heteroatoms. The summed E-state index contributed by atoms with van der Waals surface area (Å²) in [6.45, 7) is -1.24. The fraction of sp³-hybridized carbons (Fsp3) is 0.500. The molecule has 0 bridgehead atoms. The maximum absolute atomic E-state index is 13.8. The van der Waals surface area contributed by atoms with Crippen molar-refractivity contribution in [3.63, 3.8) is 0 Å². The molecule has 0 heterocycles. The van der Waals surface area contributed by atoms with Crippen LogP contribution in [0.1, 0.15) is 0 Å². The molecule has 0 aromatic heterocycles. The number of ether oxygens (including phenoxy) is 1. The third-order valence-corrected chi connectivity index (χ3v) is 6.68. The molecule has 1 aromatic carbocycles. The number of sulfonamides is 1. The van der Waals surface area contributed by atoms with Crippen LogP contribution in [0.3, 0.4) is 0 Å². The molecule has 0 atom stereocenters. The number of allylic oxidation sites excluding steroid dienone is 1. The van der Waals surface area contributed by atoms with Crippen LogP contribution in [0.25, 0.3) is 0 Å². The molecule has 0 saturated carbocycles. The summed E-state index contributed by atoms with van der Waals surface area (Å²) < 4.78 is 253. The van der Waals surface area contributed by atoms with E-state index in [-0.39, 0.29) is 46.0 Å². The van der Waals surface area contributed by atoms with Gasteiger partial charge in [-0.1, -0.05) is 0 Å². The molecule has 0 aliphatic rings. The summed E-state index contributed by atoms with van der Waals surface area (Å²) in [7, 11) is -3.99. The Balaban J connectivity index is 0.0000176. The minimum Gasteiger partial charge on any atom is -0.549 e. The van der Waals surface area contributed by atoms with E-state index in [0.717, 1.165) is 0 Å². The standard InChI is InChI=1S/C18H10F17NO5S.Na/c1-36(6-9(37)38)42(39,40)8-4-2-7(3-5-8)41-11(20)10(19)12(21,22)13(23,24)14(25,26)15(27,28)16(29,30)17(31,32)18(33,34)35;/h2-5H,6H2,1H3,(H,37,38);/q;+1/p-1. The second-order valence-corrected chi connectivity index (χ2v) is 9.78. The number of hydrogen-bond donors (Lipinski definition) is 0. The normalized spacial score (nSPS) is 15.1. The van der Waals surface area contributed by atoms with Crippen LogP contribution in [0.4, 0.5) is 74.6 Å². The van der Waals surface area contributed by atoms with Crippen molar-refractivity contribution >= 4 is 16.0 Å². The SMILES string of the molecule is CN(CC(=O)[O-])S(=O)(=O)c1ccc(OC(F)=C(F)C(F)(F)C(F)(F)C(F)(F)C(F)(F)C(F)(F)C(F)(F)C(F)(F)F)cc1.[Na+]. The third-order valence-electron chi connectivity index (χ3n) is 4.87. The summed E-state index contributed by atoms with van der Waals surface area (Å²) in [5.74, 6) is -58.3. The van der Waals surface area contributed by atoms with E-state index >= 15 is 0 Å². The van der Waals surface area contributed by atoms with Gasteiger partial charge in [0.15, 0.2) is 0 Å². The maximum atomic E-state index is 13.8. The molecule has 0 radical (unpaired) electrons. The van der Waals surface area contributed by atoms with Gasteiger partial charge in [0.25, 0.3) is 0 Å². The number of carboxylic acid groups (broad SMARTS) is 1. The Hall–Kier alpha value is -2.05. The van der Waals surface area contributed by atoms with E-state index in [1.165, 1.54) is 0 Å². The van der Waals surface area contributed by atoms with Gasteiger partial charge in [0.2, 0.25) is 15.9 Å². The van der Waals surface area contributed by atoms with Crippen LogP contribution in [-0.2, 0) is 14.8 Å². The van der Waals surface area contributed by atoms with Crippen molar-refractivity contribution in [3.8, 4) is 5.75 Å². The number of carbonyl (C=O) groups excluding carboxylic acids is 1. The van der Waals surface area contributed by atoms with Crippen molar-refractivity contribution in [2.24, 2.45) is 0 Å². The first-order valence-electron chi connectivity index (χ1n) is 9.69. The van der Waals surface area contributed by atoms with E-state index in [1.807, 2.05) is 0 Å². The second-order valence-electron chi connectivity index (χ2n) is 7.74. The zero-order chi connectivity index (χ0) is 33.7. The molecular formula is C18H9F17NNaO5S. The summed E-state index contributed by atoms with van der Waals surface area (Å²) in [6, 6.07) is -2.65. The molecule has 0 aliphatic heterocycles. The molecular weight excluding hydrogens is 688 g/mol. The number of benzene rings is 1. The van der Waals surface area contributed by atoms with Gasteiger partial charge < -0.3 is 14.6 Å². The molecule has 242 valence electrons. The van der Waals surface area contributed by atoms with Crippen molar-refractivity contribution in [2.75, 3.05) is 13.6 Å². The number of nitrogens with zero attached hydrogens (tertiary/aromatic N) is 1. The molecule has 1 rings (SSSR count). The van der Waals surface area contributed by atoms with Gasteiger partial charge in [-0.05, 0) is 24.3 Å². The van der Waals surface area contributed by atoms with Gasteiger partial charge in [-0.3, -0.25) is 0 Å². The smallest absolute Gasteiger partial charge is 0.549 e. The van der Waals surface area contributed by atoms with Crippen molar-refractivity contribution in [3.05, 3.63) is 36.1 Å². The van der Waals surface area contributed by atoms with Crippen LogP contribution in [0.5, 0.6) is 5.75 Å². The molecule has 0 unspecified atom stereocenters. The van der Waals surface area contributed by atoms with Crippen LogP contribution in [0.15, 0.2) is 41.0 Å². The van der Waals surface area contributed by atoms with Gasteiger partial charge in [-0.15, -0.1) is 0 Å². The molecule has 0 spiro atoms. The van der Waals surface area contributed by atoms with Crippen molar-refractivity contribution in [1.82, 2.24) is 4.31 Å². The topological polar surface area (TPSA) is 86.7 Å². The Morgan fingerprint density at radius 3 is 1.49 bits per heavy atom. The zero-order valence-electron chi connectivity index (χ0n) is 20.3. The average Bonchev–Trinajstić information content (AvgIpc) is 2.81. The molecule has 1 aromatic rings. The predicted molar refractivity (Wildman–Crippen MR) is 96.9 cm³/mol. The van der Waals surface area contributed by atoms with Crippen molar-refractivity contribution in [2.45, 2.75) is 46.6 Å². The van der Waals surface area contributed by atoms with Crippen LogP contribution in [0.2, 0.25) is 0 Å². The Morgan fingerprint density at radius 2 is 1.12 bits per heavy atom. The van der Waals surface area contributed by atoms with E-state index in [0.29, 0.717) is 19.2 Å². The van der Waals surface area contributed by atoms with Crippen molar-refractivity contribution < 1.29 is 127 Å². The number of rotatable bonds is 12. The summed E-state index contributed by atoms with van der Waals surface area (Å²) >= 11 is 0. The van der Waals surface area contributed by atoms with Gasteiger partial charge in [-0.2, -0.15) is 78.9 Å².